The van der Waals surface area contributed by atoms with Crippen molar-refractivity contribution >= 4 is 11.8 Å². The molecule has 1 atom stereocenters. The predicted molar refractivity (Wildman–Crippen MR) is 136 cm³/mol. The maximum atomic E-state index is 13.4. The number of carbonyl (C=O) groups is 2. The van der Waals surface area contributed by atoms with Crippen LogP contribution < -0.4 is 14.8 Å². The van der Waals surface area contributed by atoms with Crippen LogP contribution in [0.2, 0.25) is 0 Å². The Labute approximate surface area is 204 Å². The smallest absolute Gasteiger partial charge is 0.243 e. The minimum absolute atomic E-state index is 0.0127. The molecule has 2 aromatic rings. The Balaban J connectivity index is 2.22. The first-order chi connectivity index (χ1) is 16.3. The van der Waals surface area contributed by atoms with Gasteiger partial charge in [-0.3, -0.25) is 9.59 Å². The van der Waals surface area contributed by atoms with E-state index in [1.54, 1.807) is 4.90 Å². The van der Waals surface area contributed by atoms with Gasteiger partial charge >= 0.3 is 0 Å². The Morgan fingerprint density at radius 2 is 1.53 bits per heavy atom. The van der Waals surface area contributed by atoms with Crippen molar-refractivity contribution in [2.45, 2.75) is 79.4 Å². The maximum Gasteiger partial charge on any atom is 0.243 e. The zero-order chi connectivity index (χ0) is 25.1. The Morgan fingerprint density at radius 3 is 2.12 bits per heavy atom. The summed E-state index contributed by atoms with van der Waals surface area (Å²) in [6.07, 6.45) is 1.41. The van der Waals surface area contributed by atoms with Crippen molar-refractivity contribution in [1.82, 2.24) is 10.2 Å². The summed E-state index contributed by atoms with van der Waals surface area (Å²) >= 11 is 0. The standard InChI is InChI=1S/C28H40N2O4/c1-7-24(28(32)29-20(4)5)30(19-23-12-10-21(6)11-13-23)27(31)17-15-22-14-16-25(33-8-2)26(18-22)34-9-3/h10-14,16,18,20,24H,7-9,15,17,19H2,1-6H3,(H,29,32). The minimum Gasteiger partial charge on any atom is -0.490 e. The summed E-state index contributed by atoms with van der Waals surface area (Å²) in [6, 6.07) is 13.4. The van der Waals surface area contributed by atoms with E-state index in [0.29, 0.717) is 50.5 Å². The number of nitrogens with zero attached hydrogens (tertiary/aromatic N) is 1. The zero-order valence-corrected chi connectivity index (χ0v) is 21.5. The molecule has 0 aromatic heterocycles. The highest BCUT2D eigenvalue weighted by Gasteiger charge is 2.28. The van der Waals surface area contributed by atoms with E-state index in [4.69, 9.17) is 9.47 Å². The van der Waals surface area contributed by atoms with Crippen molar-refractivity contribution in [1.29, 1.82) is 0 Å². The van der Waals surface area contributed by atoms with Crippen molar-refractivity contribution in [2.24, 2.45) is 0 Å². The van der Waals surface area contributed by atoms with Crippen LogP contribution in [0.5, 0.6) is 11.5 Å². The van der Waals surface area contributed by atoms with E-state index in [0.717, 1.165) is 16.7 Å². The van der Waals surface area contributed by atoms with Gasteiger partial charge in [-0.05, 0) is 70.7 Å². The molecule has 1 N–H and O–H groups in total. The van der Waals surface area contributed by atoms with Gasteiger partial charge in [-0.25, -0.2) is 0 Å². The number of benzene rings is 2. The molecule has 0 saturated heterocycles. The van der Waals surface area contributed by atoms with E-state index in [1.165, 1.54) is 0 Å². The van der Waals surface area contributed by atoms with Crippen molar-refractivity contribution in [3.05, 3.63) is 59.2 Å². The number of hydrogen-bond acceptors (Lipinski definition) is 4. The van der Waals surface area contributed by atoms with Gasteiger partial charge in [0.1, 0.15) is 6.04 Å². The van der Waals surface area contributed by atoms with E-state index >= 15 is 0 Å². The molecule has 0 aliphatic heterocycles. The third-order valence-electron chi connectivity index (χ3n) is 5.53. The van der Waals surface area contributed by atoms with E-state index in [-0.39, 0.29) is 17.9 Å². The number of aryl methyl sites for hydroxylation is 2. The predicted octanol–water partition coefficient (Wildman–Crippen LogP) is 5.06. The van der Waals surface area contributed by atoms with Gasteiger partial charge in [0.15, 0.2) is 11.5 Å². The largest absolute Gasteiger partial charge is 0.490 e. The zero-order valence-electron chi connectivity index (χ0n) is 21.5. The minimum atomic E-state index is -0.518. The Kier molecular flexibility index (Phi) is 10.9. The molecule has 0 aliphatic carbocycles. The fraction of sp³-hybridized carbons (Fsp3) is 0.500. The van der Waals surface area contributed by atoms with Crippen molar-refractivity contribution in [2.75, 3.05) is 13.2 Å². The Hall–Kier alpha value is -3.02. The van der Waals surface area contributed by atoms with Gasteiger partial charge in [0.25, 0.3) is 0 Å². The number of nitrogens with one attached hydrogen (secondary N) is 1. The first-order valence-corrected chi connectivity index (χ1v) is 12.3. The third kappa shape index (κ3) is 8.08. The summed E-state index contributed by atoms with van der Waals surface area (Å²) in [5.74, 6) is 1.24. The normalized spacial score (nSPS) is 11.7. The number of ether oxygens (including phenoxy) is 2. The van der Waals surface area contributed by atoms with Crippen molar-refractivity contribution in [3.63, 3.8) is 0 Å². The van der Waals surface area contributed by atoms with Gasteiger partial charge < -0.3 is 19.7 Å². The summed E-state index contributed by atoms with van der Waals surface area (Å²) in [4.78, 5) is 28.1. The summed E-state index contributed by atoms with van der Waals surface area (Å²) < 4.78 is 11.4. The van der Waals surface area contributed by atoms with E-state index in [1.807, 2.05) is 84.0 Å². The third-order valence-corrected chi connectivity index (χ3v) is 5.53. The highest BCUT2D eigenvalue weighted by Crippen LogP contribution is 2.29. The van der Waals surface area contributed by atoms with Gasteiger partial charge in [-0.2, -0.15) is 0 Å². The molecule has 2 rings (SSSR count). The van der Waals surface area contributed by atoms with Crippen LogP contribution in [0.4, 0.5) is 0 Å². The molecule has 0 fully saturated rings. The second-order valence-corrected chi connectivity index (χ2v) is 8.74. The SMILES string of the molecule is CCOc1ccc(CCC(=O)N(Cc2ccc(C)cc2)C(CC)C(=O)NC(C)C)cc1OCC. The molecule has 0 radical (unpaired) electrons. The highest BCUT2D eigenvalue weighted by atomic mass is 16.5. The summed E-state index contributed by atoms with van der Waals surface area (Å²) in [7, 11) is 0. The molecule has 34 heavy (non-hydrogen) atoms. The lowest BCUT2D eigenvalue weighted by molar-refractivity contribution is -0.141. The number of amides is 2. The molecule has 6 nitrogen and oxygen atoms in total. The summed E-state index contributed by atoms with van der Waals surface area (Å²) in [6.45, 7) is 13.2. The van der Waals surface area contributed by atoms with Gasteiger partial charge in [-0.1, -0.05) is 42.8 Å². The van der Waals surface area contributed by atoms with Crippen LogP contribution >= 0.6 is 0 Å². The second kappa shape index (κ2) is 13.6. The number of hydrogen-bond donors (Lipinski definition) is 1. The molecule has 0 saturated carbocycles. The lowest BCUT2D eigenvalue weighted by Crippen LogP contribution is -2.50. The van der Waals surface area contributed by atoms with Gasteiger partial charge in [0, 0.05) is 19.0 Å². The van der Waals surface area contributed by atoms with Gasteiger partial charge in [0.05, 0.1) is 13.2 Å². The Bertz CT molecular complexity index is 925. The van der Waals surface area contributed by atoms with Crippen LogP contribution in [0.15, 0.2) is 42.5 Å². The molecule has 0 aliphatic rings. The average Bonchev–Trinajstić information content (AvgIpc) is 2.80. The number of rotatable bonds is 13. The maximum absolute atomic E-state index is 13.4. The van der Waals surface area contributed by atoms with Crippen LogP contribution in [0.25, 0.3) is 0 Å². The molecule has 0 heterocycles. The first kappa shape index (κ1) is 27.2. The molecule has 2 amide bonds. The lowest BCUT2D eigenvalue weighted by Gasteiger charge is -2.31. The fourth-order valence-electron chi connectivity index (χ4n) is 3.84. The van der Waals surface area contributed by atoms with Crippen molar-refractivity contribution in [3.8, 4) is 11.5 Å². The topological polar surface area (TPSA) is 67.9 Å². The average molecular weight is 469 g/mol. The van der Waals surface area contributed by atoms with Gasteiger partial charge in [-0.15, -0.1) is 0 Å². The Morgan fingerprint density at radius 1 is 0.912 bits per heavy atom. The van der Waals surface area contributed by atoms with E-state index in [2.05, 4.69) is 5.32 Å². The van der Waals surface area contributed by atoms with Crippen LogP contribution in [0.1, 0.15) is 64.2 Å². The fourth-order valence-corrected chi connectivity index (χ4v) is 3.84. The summed E-state index contributed by atoms with van der Waals surface area (Å²) in [5, 5.41) is 2.97. The molecule has 0 spiro atoms. The number of carbonyl (C=O) groups excluding carboxylic acids is 2. The van der Waals surface area contributed by atoms with E-state index < -0.39 is 6.04 Å². The van der Waals surface area contributed by atoms with Crippen LogP contribution in [0, 0.1) is 6.92 Å². The van der Waals surface area contributed by atoms with Crippen molar-refractivity contribution < 1.29 is 19.1 Å². The molecular weight excluding hydrogens is 428 g/mol. The van der Waals surface area contributed by atoms with Crippen LogP contribution in [-0.2, 0) is 22.6 Å². The van der Waals surface area contributed by atoms with Gasteiger partial charge in [0.2, 0.25) is 11.8 Å². The highest BCUT2D eigenvalue weighted by molar-refractivity contribution is 5.87. The molecule has 2 aromatic carbocycles. The monoisotopic (exact) mass is 468 g/mol. The molecular formula is C28H40N2O4. The quantitative estimate of drug-likeness (QED) is 0.446. The molecule has 186 valence electrons. The lowest BCUT2D eigenvalue weighted by atomic mass is 10.0. The molecule has 6 heteroatoms. The second-order valence-electron chi connectivity index (χ2n) is 8.74. The first-order valence-electron chi connectivity index (χ1n) is 12.3. The van der Waals surface area contributed by atoms with Crippen LogP contribution in [0.3, 0.4) is 0 Å². The van der Waals surface area contributed by atoms with E-state index in [9.17, 15) is 9.59 Å². The molecule has 1 unspecified atom stereocenters. The summed E-state index contributed by atoms with van der Waals surface area (Å²) in [5.41, 5.74) is 3.16. The van der Waals surface area contributed by atoms with Crippen LogP contribution in [-0.4, -0.2) is 42.0 Å². The molecule has 0 bridgehead atoms.